The number of rotatable bonds is 2. The van der Waals surface area contributed by atoms with E-state index in [0.29, 0.717) is 0 Å². The Morgan fingerprint density at radius 3 is 2.50 bits per heavy atom. The summed E-state index contributed by atoms with van der Waals surface area (Å²) < 4.78 is 18.0. The van der Waals surface area contributed by atoms with Crippen LogP contribution in [-0.2, 0) is 4.79 Å². The number of benzene rings is 1. The van der Waals surface area contributed by atoms with Crippen LogP contribution < -0.4 is 4.74 Å². The maximum atomic E-state index is 13.3. The molecular formula is C11H13FO2. The molecule has 0 radical (unpaired) electrons. The number of halogens is 1. The summed E-state index contributed by atoms with van der Waals surface area (Å²) in [6.45, 7) is 5.19. The fraction of sp³-hybridized carbons (Fsp3) is 0.364. The van der Waals surface area contributed by atoms with E-state index < -0.39 is 11.8 Å². The number of carbonyl (C=O) groups excluding carboxylic acids is 1. The van der Waals surface area contributed by atoms with Crippen LogP contribution in [0.4, 0.5) is 4.39 Å². The molecule has 1 aromatic rings. The highest BCUT2D eigenvalue weighted by atomic mass is 19.1. The van der Waals surface area contributed by atoms with Crippen molar-refractivity contribution < 1.29 is 13.9 Å². The van der Waals surface area contributed by atoms with Crippen LogP contribution in [0.15, 0.2) is 18.2 Å². The van der Waals surface area contributed by atoms with Crippen LogP contribution in [0.3, 0.4) is 0 Å². The van der Waals surface area contributed by atoms with Crippen LogP contribution in [0, 0.1) is 5.82 Å². The van der Waals surface area contributed by atoms with E-state index in [2.05, 4.69) is 4.74 Å². The number of hydrogen-bond donors (Lipinski definition) is 0. The molecule has 0 aliphatic rings. The smallest absolute Gasteiger partial charge is 0.308 e. The molecule has 0 aromatic heterocycles. The molecule has 0 N–H and O–H groups in total. The summed E-state index contributed by atoms with van der Waals surface area (Å²) in [6.07, 6.45) is 0. The van der Waals surface area contributed by atoms with Gasteiger partial charge in [0.1, 0.15) is 0 Å². The zero-order valence-electron chi connectivity index (χ0n) is 8.50. The van der Waals surface area contributed by atoms with Crippen molar-refractivity contribution in [2.45, 2.75) is 26.7 Å². The second kappa shape index (κ2) is 4.22. The fourth-order valence-electron chi connectivity index (χ4n) is 1.11. The highest BCUT2D eigenvalue weighted by Gasteiger charge is 2.08. The van der Waals surface area contributed by atoms with E-state index in [4.69, 9.17) is 0 Å². The predicted octanol–water partition coefficient (Wildman–Crippen LogP) is 2.87. The summed E-state index contributed by atoms with van der Waals surface area (Å²) in [6, 6.07) is 4.63. The third kappa shape index (κ3) is 2.55. The van der Waals surface area contributed by atoms with Gasteiger partial charge in [0.05, 0.1) is 0 Å². The van der Waals surface area contributed by atoms with Crippen molar-refractivity contribution in [2.75, 3.05) is 0 Å². The van der Waals surface area contributed by atoms with Crippen molar-refractivity contribution in [2.24, 2.45) is 0 Å². The fourth-order valence-corrected chi connectivity index (χ4v) is 1.11. The summed E-state index contributed by atoms with van der Waals surface area (Å²) in [5, 5.41) is 0. The molecule has 0 aliphatic heterocycles. The number of hydrogen-bond acceptors (Lipinski definition) is 2. The van der Waals surface area contributed by atoms with E-state index in [9.17, 15) is 9.18 Å². The normalized spacial score (nSPS) is 10.4. The van der Waals surface area contributed by atoms with Crippen molar-refractivity contribution in [3.63, 3.8) is 0 Å². The van der Waals surface area contributed by atoms with E-state index in [-0.39, 0.29) is 11.7 Å². The molecule has 0 aliphatic carbocycles. The first-order chi connectivity index (χ1) is 6.50. The lowest BCUT2D eigenvalue weighted by Crippen LogP contribution is -2.03. The van der Waals surface area contributed by atoms with Gasteiger partial charge in [-0.1, -0.05) is 19.9 Å². The molecule has 76 valence electrons. The molecule has 0 amide bonds. The minimum absolute atomic E-state index is 0.0121. The van der Waals surface area contributed by atoms with E-state index in [1.165, 1.54) is 19.1 Å². The van der Waals surface area contributed by atoms with Gasteiger partial charge >= 0.3 is 5.97 Å². The van der Waals surface area contributed by atoms with Gasteiger partial charge < -0.3 is 4.74 Å². The van der Waals surface area contributed by atoms with Gasteiger partial charge in [0, 0.05) is 6.92 Å². The SMILES string of the molecule is CC(=O)Oc1ccc(C(C)C)cc1F. The summed E-state index contributed by atoms with van der Waals surface area (Å²) in [4.78, 5) is 10.6. The summed E-state index contributed by atoms with van der Waals surface area (Å²) in [5.74, 6) is -0.759. The van der Waals surface area contributed by atoms with Crippen molar-refractivity contribution in [1.82, 2.24) is 0 Å². The Labute approximate surface area is 82.7 Å². The second-order valence-electron chi connectivity index (χ2n) is 3.44. The van der Waals surface area contributed by atoms with Gasteiger partial charge in [-0.05, 0) is 23.6 Å². The van der Waals surface area contributed by atoms with Crippen LogP contribution in [0.2, 0.25) is 0 Å². The predicted molar refractivity (Wildman–Crippen MR) is 51.8 cm³/mol. The second-order valence-corrected chi connectivity index (χ2v) is 3.44. The minimum Gasteiger partial charge on any atom is -0.424 e. The Balaban J connectivity index is 2.95. The Hall–Kier alpha value is -1.38. The maximum absolute atomic E-state index is 13.3. The molecule has 1 rings (SSSR count). The Morgan fingerprint density at radius 1 is 1.43 bits per heavy atom. The molecule has 14 heavy (non-hydrogen) atoms. The molecule has 3 heteroatoms. The average Bonchev–Trinajstić information content (AvgIpc) is 2.07. The first-order valence-corrected chi connectivity index (χ1v) is 4.48. The molecule has 1 aromatic carbocycles. The number of carbonyl (C=O) groups is 1. The van der Waals surface area contributed by atoms with Gasteiger partial charge in [-0.3, -0.25) is 4.79 Å². The largest absolute Gasteiger partial charge is 0.424 e. The van der Waals surface area contributed by atoms with E-state index >= 15 is 0 Å². The zero-order chi connectivity index (χ0) is 10.7. The van der Waals surface area contributed by atoms with Crippen molar-refractivity contribution >= 4 is 5.97 Å². The Kier molecular flexibility index (Phi) is 3.23. The monoisotopic (exact) mass is 196 g/mol. The highest BCUT2D eigenvalue weighted by molar-refractivity contribution is 5.69. The third-order valence-corrected chi connectivity index (χ3v) is 1.88. The topological polar surface area (TPSA) is 26.3 Å². The van der Waals surface area contributed by atoms with E-state index in [1.807, 2.05) is 13.8 Å². The van der Waals surface area contributed by atoms with Gasteiger partial charge in [-0.25, -0.2) is 4.39 Å². The lowest BCUT2D eigenvalue weighted by atomic mass is 10.0. The van der Waals surface area contributed by atoms with Gasteiger partial charge in [0.15, 0.2) is 11.6 Å². The summed E-state index contributed by atoms with van der Waals surface area (Å²) in [7, 11) is 0. The van der Waals surface area contributed by atoms with Crippen LogP contribution in [0.1, 0.15) is 32.3 Å². The highest BCUT2D eigenvalue weighted by Crippen LogP contribution is 2.22. The van der Waals surface area contributed by atoms with Crippen LogP contribution in [0.25, 0.3) is 0 Å². The van der Waals surface area contributed by atoms with Crippen LogP contribution >= 0.6 is 0 Å². The molecule has 0 fully saturated rings. The third-order valence-electron chi connectivity index (χ3n) is 1.88. The van der Waals surface area contributed by atoms with Crippen molar-refractivity contribution in [3.05, 3.63) is 29.6 Å². The van der Waals surface area contributed by atoms with Gasteiger partial charge in [-0.2, -0.15) is 0 Å². The molecule has 0 saturated carbocycles. The lowest BCUT2D eigenvalue weighted by molar-refractivity contribution is -0.132. The van der Waals surface area contributed by atoms with E-state index in [0.717, 1.165) is 5.56 Å². The van der Waals surface area contributed by atoms with Crippen molar-refractivity contribution in [1.29, 1.82) is 0 Å². The van der Waals surface area contributed by atoms with Crippen molar-refractivity contribution in [3.8, 4) is 5.75 Å². The molecule has 0 saturated heterocycles. The molecule has 2 nitrogen and oxygen atoms in total. The molecule has 0 heterocycles. The van der Waals surface area contributed by atoms with Gasteiger partial charge in [0.25, 0.3) is 0 Å². The number of esters is 1. The lowest BCUT2D eigenvalue weighted by Gasteiger charge is -2.07. The van der Waals surface area contributed by atoms with Crippen LogP contribution in [0.5, 0.6) is 5.75 Å². The minimum atomic E-state index is -0.513. The molecule has 0 atom stereocenters. The van der Waals surface area contributed by atoms with Gasteiger partial charge in [0.2, 0.25) is 0 Å². The van der Waals surface area contributed by atoms with E-state index in [1.54, 1.807) is 6.07 Å². The summed E-state index contributed by atoms with van der Waals surface area (Å²) >= 11 is 0. The Morgan fingerprint density at radius 2 is 2.07 bits per heavy atom. The molecular weight excluding hydrogens is 183 g/mol. The molecule has 0 unspecified atom stereocenters. The molecule has 0 bridgehead atoms. The molecule has 0 spiro atoms. The Bertz CT molecular complexity index is 345. The standard InChI is InChI=1S/C11H13FO2/c1-7(2)9-4-5-11(10(12)6-9)14-8(3)13/h4-7H,1-3H3. The zero-order valence-corrected chi connectivity index (χ0v) is 8.50. The van der Waals surface area contributed by atoms with Gasteiger partial charge in [-0.15, -0.1) is 0 Å². The summed E-state index contributed by atoms with van der Waals surface area (Å²) in [5.41, 5.74) is 0.887. The maximum Gasteiger partial charge on any atom is 0.308 e. The first-order valence-electron chi connectivity index (χ1n) is 4.48. The van der Waals surface area contributed by atoms with Crippen LogP contribution in [-0.4, -0.2) is 5.97 Å². The quantitative estimate of drug-likeness (QED) is 0.537. The average molecular weight is 196 g/mol. The number of ether oxygens (including phenoxy) is 1. The first kappa shape index (κ1) is 10.7.